The molecule has 0 aromatic heterocycles. The van der Waals surface area contributed by atoms with E-state index in [1.165, 1.54) is 6.42 Å². The van der Waals surface area contributed by atoms with Crippen molar-refractivity contribution in [2.75, 3.05) is 34.4 Å². The van der Waals surface area contributed by atoms with Crippen LogP contribution in [0.15, 0.2) is 36.4 Å². The van der Waals surface area contributed by atoms with Crippen LogP contribution in [0.2, 0.25) is 0 Å². The Morgan fingerprint density at radius 1 is 0.885 bits per heavy atom. The van der Waals surface area contributed by atoms with E-state index < -0.39 is 0 Å². The second-order valence-corrected chi connectivity index (χ2v) is 6.32. The average molecular weight is 355 g/mol. The molecule has 1 aliphatic heterocycles. The van der Waals surface area contributed by atoms with E-state index in [0.29, 0.717) is 22.8 Å². The van der Waals surface area contributed by atoms with E-state index in [2.05, 4.69) is 0 Å². The molecule has 2 aromatic carbocycles. The topological polar surface area (TPSA) is 48.0 Å². The molecule has 1 heterocycles. The zero-order valence-electron chi connectivity index (χ0n) is 15.6. The number of carbonyl (C=O) groups is 1. The van der Waals surface area contributed by atoms with Crippen molar-refractivity contribution in [3.63, 3.8) is 0 Å². The van der Waals surface area contributed by atoms with Gasteiger partial charge in [-0.15, -0.1) is 0 Å². The van der Waals surface area contributed by atoms with Gasteiger partial charge < -0.3 is 19.1 Å². The first-order valence-corrected chi connectivity index (χ1v) is 8.88. The van der Waals surface area contributed by atoms with Crippen molar-refractivity contribution < 1.29 is 19.0 Å². The Labute approximate surface area is 154 Å². The highest BCUT2D eigenvalue weighted by molar-refractivity contribution is 5.96. The Hall–Kier alpha value is -2.69. The fourth-order valence-electron chi connectivity index (χ4n) is 3.43. The van der Waals surface area contributed by atoms with Crippen molar-refractivity contribution in [2.45, 2.75) is 19.3 Å². The summed E-state index contributed by atoms with van der Waals surface area (Å²) in [5, 5.41) is 0. The highest BCUT2D eigenvalue weighted by Gasteiger charge is 2.20. The van der Waals surface area contributed by atoms with Crippen LogP contribution in [0.3, 0.4) is 0 Å². The number of hydrogen-bond acceptors (Lipinski definition) is 4. The van der Waals surface area contributed by atoms with Gasteiger partial charge in [0.1, 0.15) is 0 Å². The first-order chi connectivity index (χ1) is 12.7. The Morgan fingerprint density at radius 3 is 2.27 bits per heavy atom. The molecule has 0 radical (unpaired) electrons. The van der Waals surface area contributed by atoms with Crippen LogP contribution >= 0.6 is 0 Å². The molecule has 0 atom stereocenters. The third-order valence-corrected chi connectivity index (χ3v) is 4.77. The van der Waals surface area contributed by atoms with Gasteiger partial charge in [0.05, 0.1) is 21.3 Å². The normalized spacial score (nSPS) is 14.0. The Morgan fingerprint density at radius 2 is 1.62 bits per heavy atom. The third kappa shape index (κ3) is 3.47. The molecule has 1 aliphatic rings. The molecule has 5 heteroatoms. The molecule has 0 spiro atoms. The molecular weight excluding hydrogens is 330 g/mol. The van der Waals surface area contributed by atoms with Crippen LogP contribution in [0.1, 0.15) is 29.6 Å². The van der Waals surface area contributed by atoms with Gasteiger partial charge in [-0.25, -0.2) is 0 Å². The first kappa shape index (κ1) is 18.1. The first-order valence-electron chi connectivity index (χ1n) is 8.88. The summed E-state index contributed by atoms with van der Waals surface area (Å²) in [7, 11) is 4.78. The van der Waals surface area contributed by atoms with E-state index in [0.717, 1.165) is 37.1 Å². The minimum Gasteiger partial charge on any atom is -0.493 e. The number of nitrogens with zero attached hydrogens (tertiary/aromatic N) is 1. The van der Waals surface area contributed by atoms with Crippen LogP contribution < -0.4 is 14.2 Å². The fraction of sp³-hybridized carbons (Fsp3) is 0.381. The third-order valence-electron chi connectivity index (χ3n) is 4.77. The van der Waals surface area contributed by atoms with Crippen LogP contribution in [0, 0.1) is 0 Å². The van der Waals surface area contributed by atoms with E-state index in [1.807, 2.05) is 41.3 Å². The van der Waals surface area contributed by atoms with Gasteiger partial charge in [-0.05, 0) is 49.1 Å². The number of carbonyl (C=O) groups excluding carboxylic acids is 1. The number of amides is 1. The number of benzene rings is 2. The van der Waals surface area contributed by atoms with Gasteiger partial charge in [-0.3, -0.25) is 4.79 Å². The zero-order chi connectivity index (χ0) is 18.5. The number of hydrogen-bond donors (Lipinski definition) is 0. The van der Waals surface area contributed by atoms with Gasteiger partial charge in [0, 0.05) is 24.2 Å². The molecule has 5 nitrogen and oxygen atoms in total. The highest BCUT2D eigenvalue weighted by Crippen LogP contribution is 2.44. The quantitative estimate of drug-likeness (QED) is 0.813. The van der Waals surface area contributed by atoms with E-state index >= 15 is 0 Å². The van der Waals surface area contributed by atoms with Gasteiger partial charge in [0.15, 0.2) is 11.5 Å². The smallest absolute Gasteiger partial charge is 0.253 e. The van der Waals surface area contributed by atoms with Gasteiger partial charge in [-0.2, -0.15) is 0 Å². The van der Waals surface area contributed by atoms with E-state index in [9.17, 15) is 4.79 Å². The summed E-state index contributed by atoms with van der Waals surface area (Å²) in [5.74, 6) is 1.83. The van der Waals surface area contributed by atoms with Crippen LogP contribution in [0.5, 0.6) is 17.2 Å². The summed E-state index contributed by atoms with van der Waals surface area (Å²) in [6, 6.07) is 11.4. The lowest BCUT2D eigenvalue weighted by Crippen LogP contribution is -2.35. The Bertz CT molecular complexity index is 782. The lowest BCUT2D eigenvalue weighted by Gasteiger charge is -2.27. The monoisotopic (exact) mass is 355 g/mol. The standard InChI is InChI=1S/C21H25NO4/c1-24-18-11-10-17(19(25-2)20(18)26-3)15-8-7-9-16(14-15)21(23)22-12-5-4-6-13-22/h7-11,14H,4-6,12-13H2,1-3H3. The molecule has 0 saturated carbocycles. The SMILES string of the molecule is COc1ccc(-c2cccc(C(=O)N3CCCCC3)c2)c(OC)c1OC. The molecule has 0 aliphatic carbocycles. The Kier molecular flexibility index (Phi) is 5.66. The van der Waals surface area contributed by atoms with Crippen molar-refractivity contribution in [3.05, 3.63) is 42.0 Å². The maximum Gasteiger partial charge on any atom is 0.253 e. The molecule has 26 heavy (non-hydrogen) atoms. The molecule has 1 amide bonds. The largest absolute Gasteiger partial charge is 0.493 e. The van der Waals surface area contributed by atoms with Gasteiger partial charge in [0.2, 0.25) is 5.75 Å². The predicted molar refractivity (Wildman–Crippen MR) is 101 cm³/mol. The molecule has 0 unspecified atom stereocenters. The van der Waals surface area contributed by atoms with E-state index in [4.69, 9.17) is 14.2 Å². The molecule has 3 rings (SSSR count). The van der Waals surface area contributed by atoms with Gasteiger partial charge in [0.25, 0.3) is 5.91 Å². The van der Waals surface area contributed by atoms with Crippen molar-refractivity contribution in [3.8, 4) is 28.4 Å². The lowest BCUT2D eigenvalue weighted by atomic mass is 10.00. The van der Waals surface area contributed by atoms with Crippen molar-refractivity contribution in [1.82, 2.24) is 4.90 Å². The maximum atomic E-state index is 12.8. The number of piperidine rings is 1. The number of methoxy groups -OCH3 is 3. The minimum absolute atomic E-state index is 0.0889. The predicted octanol–water partition coefficient (Wildman–Crippen LogP) is 4.01. The molecule has 138 valence electrons. The fourth-order valence-corrected chi connectivity index (χ4v) is 3.43. The average Bonchev–Trinajstić information content (AvgIpc) is 2.72. The van der Waals surface area contributed by atoms with Crippen LogP contribution in [-0.2, 0) is 0 Å². The number of rotatable bonds is 5. The van der Waals surface area contributed by atoms with Crippen LogP contribution in [-0.4, -0.2) is 45.2 Å². The second kappa shape index (κ2) is 8.13. The lowest BCUT2D eigenvalue weighted by molar-refractivity contribution is 0.0724. The summed E-state index contributed by atoms with van der Waals surface area (Å²) in [4.78, 5) is 14.8. The maximum absolute atomic E-state index is 12.8. The summed E-state index contributed by atoms with van der Waals surface area (Å²) in [5.41, 5.74) is 2.46. The van der Waals surface area contributed by atoms with Crippen LogP contribution in [0.25, 0.3) is 11.1 Å². The summed E-state index contributed by atoms with van der Waals surface area (Å²) in [6.07, 6.45) is 3.36. The number of ether oxygens (including phenoxy) is 3. The molecular formula is C21H25NO4. The van der Waals surface area contributed by atoms with Crippen LogP contribution in [0.4, 0.5) is 0 Å². The minimum atomic E-state index is 0.0889. The molecule has 0 N–H and O–H groups in total. The summed E-state index contributed by atoms with van der Waals surface area (Å²) >= 11 is 0. The summed E-state index contributed by atoms with van der Waals surface area (Å²) < 4.78 is 16.4. The molecule has 1 fully saturated rings. The number of likely N-dealkylation sites (tertiary alicyclic amines) is 1. The van der Waals surface area contributed by atoms with Gasteiger partial charge >= 0.3 is 0 Å². The zero-order valence-corrected chi connectivity index (χ0v) is 15.6. The second-order valence-electron chi connectivity index (χ2n) is 6.32. The van der Waals surface area contributed by atoms with E-state index in [-0.39, 0.29) is 5.91 Å². The van der Waals surface area contributed by atoms with Crippen molar-refractivity contribution in [1.29, 1.82) is 0 Å². The molecule has 1 saturated heterocycles. The Balaban J connectivity index is 1.99. The van der Waals surface area contributed by atoms with E-state index in [1.54, 1.807) is 21.3 Å². The van der Waals surface area contributed by atoms with Crippen molar-refractivity contribution in [2.24, 2.45) is 0 Å². The van der Waals surface area contributed by atoms with Crippen molar-refractivity contribution >= 4 is 5.91 Å². The highest BCUT2D eigenvalue weighted by atomic mass is 16.5. The van der Waals surface area contributed by atoms with Gasteiger partial charge in [-0.1, -0.05) is 12.1 Å². The molecule has 2 aromatic rings. The molecule has 0 bridgehead atoms. The summed E-state index contributed by atoms with van der Waals surface area (Å²) in [6.45, 7) is 1.67.